The minimum absolute atomic E-state index is 0.00247. The molecule has 0 bridgehead atoms. The van der Waals surface area contributed by atoms with E-state index in [0.717, 1.165) is 0 Å². The van der Waals surface area contributed by atoms with Crippen molar-refractivity contribution < 1.29 is 23.1 Å². The fourth-order valence-corrected chi connectivity index (χ4v) is 2.19. The fraction of sp³-hybridized carbons (Fsp3) is 0.312. The quantitative estimate of drug-likeness (QED) is 0.853. The van der Waals surface area contributed by atoms with Crippen LogP contribution in [0, 0.1) is 19.7 Å². The first-order chi connectivity index (χ1) is 10.9. The number of amides is 1. The number of ether oxygens (including phenoxy) is 1. The van der Waals surface area contributed by atoms with Gasteiger partial charge in [0, 0.05) is 13.5 Å². The van der Waals surface area contributed by atoms with Gasteiger partial charge in [-0.15, -0.1) is 0 Å². The van der Waals surface area contributed by atoms with Crippen molar-refractivity contribution in [2.24, 2.45) is 0 Å². The topological polar surface area (TPSA) is 81.4 Å². The lowest BCUT2D eigenvalue weighted by atomic mass is 9.99. The lowest BCUT2D eigenvalue weighted by Gasteiger charge is -2.15. The Balaban J connectivity index is 2.12. The van der Waals surface area contributed by atoms with Gasteiger partial charge < -0.3 is 14.5 Å². The largest absolute Gasteiger partial charge is 0.468 e. The van der Waals surface area contributed by atoms with E-state index in [2.05, 4.69) is 10.3 Å². The van der Waals surface area contributed by atoms with Gasteiger partial charge in [-0.25, -0.2) is 9.37 Å². The number of aromatic nitrogens is 1. The first kappa shape index (κ1) is 16.7. The van der Waals surface area contributed by atoms with Crippen LogP contribution in [0.1, 0.15) is 33.6 Å². The second-order valence-corrected chi connectivity index (χ2v) is 4.97. The highest BCUT2D eigenvalue weighted by molar-refractivity contribution is 5.93. The molecule has 23 heavy (non-hydrogen) atoms. The minimum Gasteiger partial charge on any atom is -0.468 e. The lowest BCUT2D eigenvalue weighted by molar-refractivity contribution is -0.142. The monoisotopic (exact) mass is 320 g/mol. The smallest absolute Gasteiger partial charge is 0.314 e. The van der Waals surface area contributed by atoms with E-state index in [-0.39, 0.29) is 12.2 Å². The highest BCUT2D eigenvalue weighted by Gasteiger charge is 2.24. The minimum atomic E-state index is -0.738. The van der Waals surface area contributed by atoms with Crippen LogP contribution in [0.4, 0.5) is 4.39 Å². The number of hydrogen-bond acceptors (Lipinski definition) is 5. The zero-order chi connectivity index (χ0) is 17.0. The van der Waals surface area contributed by atoms with E-state index in [1.54, 1.807) is 13.8 Å². The third-order valence-electron chi connectivity index (χ3n) is 3.34. The standard InChI is InChI=1S/C16H17FN2O4/c1-9-14(19-10(2)23-9)15(20)18-8-13(16(21)22-3)11-4-6-12(17)7-5-11/h4-7,13H,8H2,1-3H3,(H,18,20). The van der Waals surface area contributed by atoms with Crippen molar-refractivity contribution in [2.45, 2.75) is 19.8 Å². The van der Waals surface area contributed by atoms with Gasteiger partial charge in [-0.1, -0.05) is 12.1 Å². The Morgan fingerprint density at radius 1 is 1.30 bits per heavy atom. The average Bonchev–Trinajstić information content (AvgIpc) is 2.87. The van der Waals surface area contributed by atoms with Crippen molar-refractivity contribution in [3.63, 3.8) is 0 Å². The van der Waals surface area contributed by atoms with E-state index in [1.807, 2.05) is 0 Å². The van der Waals surface area contributed by atoms with Crippen LogP contribution in [0.5, 0.6) is 0 Å². The highest BCUT2D eigenvalue weighted by Crippen LogP contribution is 2.18. The number of methoxy groups -OCH3 is 1. The molecular formula is C16H17FN2O4. The van der Waals surface area contributed by atoms with Gasteiger partial charge in [-0.2, -0.15) is 0 Å². The van der Waals surface area contributed by atoms with E-state index in [9.17, 15) is 14.0 Å². The summed E-state index contributed by atoms with van der Waals surface area (Å²) in [5, 5.41) is 2.63. The van der Waals surface area contributed by atoms with E-state index in [4.69, 9.17) is 9.15 Å². The summed E-state index contributed by atoms with van der Waals surface area (Å²) in [6, 6.07) is 5.46. The van der Waals surface area contributed by atoms with Crippen LogP contribution in [0.25, 0.3) is 0 Å². The summed E-state index contributed by atoms with van der Waals surface area (Å²) in [6.45, 7) is 3.27. The number of esters is 1. The molecule has 6 nitrogen and oxygen atoms in total. The second kappa shape index (κ2) is 7.04. The first-order valence-electron chi connectivity index (χ1n) is 6.98. The van der Waals surface area contributed by atoms with Crippen molar-refractivity contribution in [3.05, 3.63) is 53.0 Å². The van der Waals surface area contributed by atoms with E-state index >= 15 is 0 Å². The molecule has 0 spiro atoms. The molecule has 1 N–H and O–H groups in total. The predicted octanol–water partition coefficient (Wildman–Crippen LogP) is 2.12. The molecule has 7 heteroatoms. The number of carbonyl (C=O) groups excluding carboxylic acids is 2. The normalized spacial score (nSPS) is 11.8. The Hall–Kier alpha value is -2.70. The molecule has 2 aromatic rings. The maximum absolute atomic E-state index is 13.0. The number of benzene rings is 1. The van der Waals surface area contributed by atoms with Crippen molar-refractivity contribution in [3.8, 4) is 0 Å². The van der Waals surface area contributed by atoms with Crippen molar-refractivity contribution >= 4 is 11.9 Å². The Morgan fingerprint density at radius 3 is 2.48 bits per heavy atom. The number of halogens is 1. The second-order valence-electron chi connectivity index (χ2n) is 4.97. The predicted molar refractivity (Wildman–Crippen MR) is 79.5 cm³/mol. The van der Waals surface area contributed by atoms with Crippen LogP contribution in [0.3, 0.4) is 0 Å². The molecule has 0 aliphatic carbocycles. The summed E-state index contributed by atoms with van der Waals surface area (Å²) >= 11 is 0. The molecule has 1 atom stereocenters. The fourth-order valence-electron chi connectivity index (χ4n) is 2.19. The van der Waals surface area contributed by atoms with Gasteiger partial charge in [0.1, 0.15) is 11.6 Å². The maximum Gasteiger partial charge on any atom is 0.314 e. The van der Waals surface area contributed by atoms with Crippen molar-refractivity contribution in [2.75, 3.05) is 13.7 Å². The number of rotatable bonds is 5. The summed E-state index contributed by atoms with van der Waals surface area (Å²) in [5.74, 6) is -1.33. The summed E-state index contributed by atoms with van der Waals surface area (Å²) in [6.07, 6.45) is 0. The van der Waals surface area contributed by atoms with Crippen LogP contribution < -0.4 is 5.32 Å². The van der Waals surface area contributed by atoms with Crippen LogP contribution in [0.15, 0.2) is 28.7 Å². The molecule has 0 saturated heterocycles. The Kier molecular flexibility index (Phi) is 5.10. The number of carbonyl (C=O) groups is 2. The molecule has 122 valence electrons. The Labute approximate surface area is 132 Å². The molecule has 0 saturated carbocycles. The molecule has 0 radical (unpaired) electrons. The Bertz CT molecular complexity index is 709. The molecule has 1 aromatic carbocycles. The highest BCUT2D eigenvalue weighted by atomic mass is 19.1. The van der Waals surface area contributed by atoms with Crippen LogP contribution in [-0.4, -0.2) is 30.5 Å². The van der Waals surface area contributed by atoms with Gasteiger partial charge in [0.25, 0.3) is 5.91 Å². The van der Waals surface area contributed by atoms with Gasteiger partial charge in [-0.3, -0.25) is 9.59 Å². The molecule has 1 amide bonds. The summed E-state index contributed by atoms with van der Waals surface area (Å²) < 4.78 is 23.0. The molecule has 0 aliphatic heterocycles. The van der Waals surface area contributed by atoms with Crippen LogP contribution >= 0.6 is 0 Å². The Morgan fingerprint density at radius 2 is 1.96 bits per heavy atom. The number of nitrogens with zero attached hydrogens (tertiary/aromatic N) is 1. The number of nitrogens with one attached hydrogen (secondary N) is 1. The van der Waals surface area contributed by atoms with E-state index in [1.165, 1.54) is 31.4 Å². The lowest BCUT2D eigenvalue weighted by Crippen LogP contribution is -2.32. The molecule has 1 heterocycles. The zero-order valence-corrected chi connectivity index (χ0v) is 13.1. The van der Waals surface area contributed by atoms with Crippen LogP contribution in [-0.2, 0) is 9.53 Å². The van der Waals surface area contributed by atoms with E-state index < -0.39 is 23.6 Å². The van der Waals surface area contributed by atoms with Gasteiger partial charge >= 0.3 is 5.97 Å². The summed E-state index contributed by atoms with van der Waals surface area (Å²) in [7, 11) is 1.26. The van der Waals surface area contributed by atoms with E-state index in [0.29, 0.717) is 17.2 Å². The summed E-state index contributed by atoms with van der Waals surface area (Å²) in [4.78, 5) is 28.0. The van der Waals surface area contributed by atoms with Crippen LogP contribution in [0.2, 0.25) is 0 Å². The SMILES string of the molecule is COC(=O)C(CNC(=O)c1nc(C)oc1C)c1ccc(F)cc1. The zero-order valence-electron chi connectivity index (χ0n) is 13.1. The molecule has 1 aromatic heterocycles. The van der Waals surface area contributed by atoms with Gasteiger partial charge in [0.05, 0.1) is 13.0 Å². The maximum atomic E-state index is 13.0. The molecule has 0 fully saturated rings. The molecule has 1 unspecified atom stereocenters. The van der Waals surface area contributed by atoms with Crippen molar-refractivity contribution in [1.29, 1.82) is 0 Å². The number of hydrogen-bond donors (Lipinski definition) is 1. The summed E-state index contributed by atoms with van der Waals surface area (Å²) in [5.41, 5.74) is 0.719. The van der Waals surface area contributed by atoms with Gasteiger partial charge in [0.15, 0.2) is 11.6 Å². The third kappa shape index (κ3) is 3.94. The van der Waals surface area contributed by atoms with Gasteiger partial charge in [-0.05, 0) is 24.6 Å². The van der Waals surface area contributed by atoms with Gasteiger partial charge in [0.2, 0.25) is 0 Å². The molecule has 0 aliphatic rings. The average molecular weight is 320 g/mol. The number of oxazole rings is 1. The number of aryl methyl sites for hydroxylation is 2. The van der Waals surface area contributed by atoms with Crippen molar-refractivity contribution in [1.82, 2.24) is 10.3 Å². The molecular weight excluding hydrogens is 303 g/mol. The molecule has 2 rings (SSSR count). The third-order valence-corrected chi connectivity index (χ3v) is 3.34. The first-order valence-corrected chi connectivity index (χ1v) is 6.98.